The number of aliphatic hydroxyl groups excluding tert-OH is 1. The number of urea groups is 1. The predicted molar refractivity (Wildman–Crippen MR) is 84.6 cm³/mol. The van der Waals surface area contributed by atoms with E-state index in [0.29, 0.717) is 23.2 Å². The summed E-state index contributed by atoms with van der Waals surface area (Å²) in [4.78, 5) is 36.1. The second kappa shape index (κ2) is 5.64. The maximum absolute atomic E-state index is 12.2. The van der Waals surface area contributed by atoms with E-state index >= 15 is 0 Å². The van der Waals surface area contributed by atoms with Crippen molar-refractivity contribution in [2.24, 2.45) is 11.7 Å². The number of amides is 3. The predicted octanol–water partition coefficient (Wildman–Crippen LogP) is 0.584. The van der Waals surface area contributed by atoms with Gasteiger partial charge in [-0.3, -0.25) is 4.79 Å². The van der Waals surface area contributed by atoms with Gasteiger partial charge in [-0.2, -0.15) is 0 Å². The van der Waals surface area contributed by atoms with Crippen LogP contribution in [0, 0.1) is 5.92 Å². The zero-order chi connectivity index (χ0) is 17.6. The number of aliphatic hydroxyl groups is 1. The summed E-state index contributed by atoms with van der Waals surface area (Å²) in [6.07, 6.45) is -0.501. The van der Waals surface area contributed by atoms with Gasteiger partial charge in [-0.1, -0.05) is 12.1 Å². The maximum Gasteiger partial charge on any atom is 0.352 e. The zero-order valence-electron chi connectivity index (χ0n) is 12.9. The van der Waals surface area contributed by atoms with Crippen LogP contribution in [-0.4, -0.2) is 45.2 Å². The summed E-state index contributed by atoms with van der Waals surface area (Å²) in [5, 5.41) is 21.7. The largest absolute Gasteiger partial charge is 0.477 e. The van der Waals surface area contributed by atoms with E-state index in [2.05, 4.69) is 5.32 Å². The van der Waals surface area contributed by atoms with Gasteiger partial charge in [0.15, 0.2) is 0 Å². The summed E-state index contributed by atoms with van der Waals surface area (Å²) in [5.41, 5.74) is 6.54. The van der Waals surface area contributed by atoms with Crippen molar-refractivity contribution in [3.8, 4) is 0 Å². The lowest BCUT2D eigenvalue weighted by atomic mass is 9.82. The molecule has 3 rings (SSSR count). The molecule has 0 radical (unpaired) electrons. The molecule has 8 nitrogen and oxygen atoms in total. The molecule has 2 heterocycles. The second-order valence-corrected chi connectivity index (χ2v) is 5.95. The van der Waals surface area contributed by atoms with Gasteiger partial charge in [0.25, 0.3) is 0 Å². The molecule has 1 aromatic carbocycles. The molecule has 2 aliphatic heterocycles. The molecule has 0 spiro atoms. The Morgan fingerprint density at radius 3 is 2.71 bits per heavy atom. The van der Waals surface area contributed by atoms with E-state index in [1.807, 2.05) is 0 Å². The molecule has 8 heteroatoms. The molecule has 126 valence electrons. The van der Waals surface area contributed by atoms with Gasteiger partial charge in [0, 0.05) is 5.69 Å². The summed E-state index contributed by atoms with van der Waals surface area (Å²) in [7, 11) is 0. The molecule has 0 bridgehead atoms. The number of primary amides is 1. The normalized spacial score (nSPS) is 23.6. The van der Waals surface area contributed by atoms with Crippen LogP contribution in [0.2, 0.25) is 0 Å². The number of fused-ring (bicyclic) bond motifs is 1. The van der Waals surface area contributed by atoms with Gasteiger partial charge in [-0.15, -0.1) is 0 Å². The quantitative estimate of drug-likeness (QED) is 0.599. The highest BCUT2D eigenvalue weighted by Crippen LogP contribution is 2.47. The van der Waals surface area contributed by atoms with Crippen molar-refractivity contribution in [3.05, 3.63) is 35.5 Å². The van der Waals surface area contributed by atoms with Gasteiger partial charge >= 0.3 is 12.0 Å². The van der Waals surface area contributed by atoms with E-state index in [-0.39, 0.29) is 17.6 Å². The van der Waals surface area contributed by atoms with E-state index in [9.17, 15) is 24.6 Å². The monoisotopic (exact) mass is 331 g/mol. The molecule has 0 aliphatic carbocycles. The van der Waals surface area contributed by atoms with Crippen molar-refractivity contribution in [3.63, 3.8) is 0 Å². The number of carboxylic acid groups (broad SMARTS) is 1. The number of anilines is 1. The Morgan fingerprint density at radius 1 is 1.42 bits per heavy atom. The Balaban J connectivity index is 2.00. The fourth-order valence-corrected chi connectivity index (χ4v) is 3.45. The number of nitrogens with zero attached hydrogens (tertiary/aromatic N) is 1. The number of carbonyl (C=O) groups is 3. The molecule has 3 atom stereocenters. The van der Waals surface area contributed by atoms with Crippen LogP contribution in [0.1, 0.15) is 18.9 Å². The van der Waals surface area contributed by atoms with E-state index in [1.54, 1.807) is 24.3 Å². The van der Waals surface area contributed by atoms with E-state index in [1.165, 1.54) is 11.8 Å². The molecule has 1 fully saturated rings. The molecule has 0 saturated carbocycles. The molecule has 5 N–H and O–H groups in total. The van der Waals surface area contributed by atoms with Crippen molar-refractivity contribution in [1.82, 2.24) is 4.90 Å². The third kappa shape index (κ3) is 2.41. The number of hydrogen-bond acceptors (Lipinski definition) is 4. The van der Waals surface area contributed by atoms with Crippen molar-refractivity contribution in [2.75, 3.05) is 5.32 Å². The van der Waals surface area contributed by atoms with Gasteiger partial charge in [-0.25, -0.2) is 9.59 Å². The highest BCUT2D eigenvalue weighted by molar-refractivity contribution is 6.06. The van der Waals surface area contributed by atoms with Crippen molar-refractivity contribution < 1.29 is 24.6 Å². The minimum absolute atomic E-state index is 0.0712. The number of β-lactam (4-membered cyclic amide) rings is 1. The van der Waals surface area contributed by atoms with Crippen molar-refractivity contribution >= 4 is 29.2 Å². The molecular formula is C16H17N3O5. The Kier molecular flexibility index (Phi) is 3.76. The van der Waals surface area contributed by atoms with Crippen molar-refractivity contribution in [1.29, 1.82) is 0 Å². The maximum atomic E-state index is 12.2. The first-order valence-corrected chi connectivity index (χ1v) is 7.45. The fourth-order valence-electron chi connectivity index (χ4n) is 3.45. The number of aliphatic carboxylic acids is 1. The third-order valence-corrected chi connectivity index (χ3v) is 4.41. The Labute approximate surface area is 137 Å². The molecule has 24 heavy (non-hydrogen) atoms. The first-order chi connectivity index (χ1) is 11.3. The standard InChI is InChI=1S/C16H17N3O5/c1-7(20)12-11-6-10(13(15(22)23)19(11)14(12)21)8-3-2-4-9(5-8)18-16(17)24/h2-5,7,11-12,20H,6H2,1H3,(H,22,23)(H3,17,18,24)/t7-,11-,12-/m1/s1. The number of carboxylic acids is 1. The lowest BCUT2D eigenvalue weighted by Gasteiger charge is -2.44. The van der Waals surface area contributed by atoms with Crippen molar-refractivity contribution in [2.45, 2.75) is 25.5 Å². The lowest BCUT2D eigenvalue weighted by Crippen LogP contribution is -2.61. The number of hydrogen-bond donors (Lipinski definition) is 4. The summed E-state index contributed by atoms with van der Waals surface area (Å²) in [6, 6.07) is 5.53. The third-order valence-electron chi connectivity index (χ3n) is 4.41. The van der Waals surface area contributed by atoms with Crippen LogP contribution in [0.5, 0.6) is 0 Å². The van der Waals surface area contributed by atoms with E-state index < -0.39 is 24.0 Å². The number of carbonyl (C=O) groups excluding carboxylic acids is 2. The van der Waals surface area contributed by atoms with Gasteiger partial charge < -0.3 is 26.2 Å². The summed E-state index contributed by atoms with van der Waals surface area (Å²) in [6.45, 7) is 1.52. The highest BCUT2D eigenvalue weighted by Gasteiger charge is 2.56. The van der Waals surface area contributed by atoms with Crippen LogP contribution in [-0.2, 0) is 9.59 Å². The first kappa shape index (κ1) is 16.0. The van der Waals surface area contributed by atoms with Crippen LogP contribution in [0.15, 0.2) is 30.0 Å². The summed E-state index contributed by atoms with van der Waals surface area (Å²) in [5.74, 6) is -2.17. The number of nitrogens with one attached hydrogen (secondary N) is 1. The van der Waals surface area contributed by atoms with Crippen LogP contribution in [0.4, 0.5) is 10.5 Å². The molecule has 1 aromatic rings. The number of nitrogens with two attached hydrogens (primary N) is 1. The Bertz CT molecular complexity index is 771. The average molecular weight is 331 g/mol. The SMILES string of the molecule is C[C@@H](O)[C@H]1C(=O)N2C(C(=O)O)=C(c3cccc(NC(N)=O)c3)C[C@H]12. The minimum Gasteiger partial charge on any atom is -0.477 e. The minimum atomic E-state index is -1.20. The van der Waals surface area contributed by atoms with Gasteiger partial charge in [0.2, 0.25) is 5.91 Å². The molecule has 0 unspecified atom stereocenters. The molecule has 2 aliphatic rings. The van der Waals surface area contributed by atoms with Gasteiger partial charge in [0.05, 0.1) is 18.1 Å². The Hall–Kier alpha value is -2.87. The fraction of sp³-hybridized carbons (Fsp3) is 0.312. The first-order valence-electron chi connectivity index (χ1n) is 7.45. The zero-order valence-corrected chi connectivity index (χ0v) is 12.9. The number of rotatable bonds is 4. The lowest BCUT2D eigenvalue weighted by molar-refractivity contribution is -0.161. The average Bonchev–Trinajstić information content (AvgIpc) is 2.81. The molecular weight excluding hydrogens is 314 g/mol. The summed E-state index contributed by atoms with van der Waals surface area (Å²) < 4.78 is 0. The number of benzene rings is 1. The van der Waals surface area contributed by atoms with E-state index in [0.717, 1.165) is 0 Å². The smallest absolute Gasteiger partial charge is 0.352 e. The van der Waals surface area contributed by atoms with Crippen LogP contribution in [0.3, 0.4) is 0 Å². The summed E-state index contributed by atoms with van der Waals surface area (Å²) >= 11 is 0. The molecule has 0 aromatic heterocycles. The van der Waals surface area contributed by atoms with Crippen LogP contribution < -0.4 is 11.1 Å². The van der Waals surface area contributed by atoms with Crippen LogP contribution >= 0.6 is 0 Å². The second-order valence-electron chi connectivity index (χ2n) is 5.95. The highest BCUT2D eigenvalue weighted by atomic mass is 16.4. The van der Waals surface area contributed by atoms with Gasteiger partial charge in [0.1, 0.15) is 5.70 Å². The molecule has 1 saturated heterocycles. The van der Waals surface area contributed by atoms with Gasteiger partial charge in [-0.05, 0) is 36.6 Å². The van der Waals surface area contributed by atoms with E-state index in [4.69, 9.17) is 5.73 Å². The molecule has 3 amide bonds. The Morgan fingerprint density at radius 2 is 2.12 bits per heavy atom. The van der Waals surface area contributed by atoms with Crippen LogP contribution in [0.25, 0.3) is 5.57 Å². The topological polar surface area (TPSA) is 133 Å².